The fourth-order valence-corrected chi connectivity index (χ4v) is 4.46. The number of imidazole rings is 1. The normalized spacial score (nSPS) is 12.9. The van der Waals surface area contributed by atoms with Crippen LogP contribution in [0, 0.1) is 0 Å². The van der Waals surface area contributed by atoms with Crippen molar-refractivity contribution in [2.24, 2.45) is 0 Å². The number of rotatable bonds is 10. The number of aromatic nitrogens is 2. The molecule has 0 aliphatic carbocycles. The molecule has 1 unspecified atom stereocenters. The number of carbonyl (C=O) groups excluding carboxylic acids is 1. The summed E-state index contributed by atoms with van der Waals surface area (Å²) in [6, 6.07) is 16.0. The number of para-hydroxylation sites is 1. The third kappa shape index (κ3) is 5.32. The van der Waals surface area contributed by atoms with Crippen molar-refractivity contribution < 1.29 is 33.6 Å². The minimum atomic E-state index is -3.16. The lowest BCUT2D eigenvalue weighted by molar-refractivity contribution is -0.203. The van der Waals surface area contributed by atoms with E-state index in [0.29, 0.717) is 23.7 Å². The van der Waals surface area contributed by atoms with E-state index in [1.54, 1.807) is 31.2 Å². The molecule has 0 amide bonds. The second-order valence-corrected chi connectivity index (χ2v) is 8.78. The highest BCUT2D eigenvalue weighted by Crippen LogP contribution is 2.38. The summed E-state index contributed by atoms with van der Waals surface area (Å²) in [5, 5.41) is 29.6. The number of carbonyl (C=O) groups is 1. The van der Waals surface area contributed by atoms with E-state index in [9.17, 15) is 28.9 Å². The Labute approximate surface area is 219 Å². The lowest BCUT2D eigenvalue weighted by Gasteiger charge is -2.36. The second kappa shape index (κ2) is 11.0. The zero-order valence-corrected chi connectivity index (χ0v) is 20.8. The lowest BCUT2D eigenvalue weighted by Crippen LogP contribution is -2.49. The minimum absolute atomic E-state index is 0.0263. The first kappa shape index (κ1) is 27.4. The lowest BCUT2D eigenvalue weighted by atomic mass is 9.99. The van der Waals surface area contributed by atoms with Crippen LogP contribution in [0.25, 0.3) is 27.8 Å². The maximum atomic E-state index is 13.4. The Hall–Kier alpha value is -3.64. The summed E-state index contributed by atoms with van der Waals surface area (Å²) in [4.78, 5) is 17.9. The highest BCUT2D eigenvalue weighted by molar-refractivity contribution is 6.12. The molecule has 0 aliphatic heterocycles. The van der Waals surface area contributed by atoms with Crippen LogP contribution in [0.2, 0.25) is 0 Å². The Bertz CT molecular complexity index is 1440. The molecule has 4 rings (SSSR count). The van der Waals surface area contributed by atoms with Gasteiger partial charge >= 0.3 is 6.61 Å². The highest BCUT2D eigenvalue weighted by atomic mass is 19.3. The zero-order chi connectivity index (χ0) is 27.6. The first-order chi connectivity index (χ1) is 18.1. The Morgan fingerprint density at radius 1 is 1.13 bits per heavy atom. The Kier molecular flexibility index (Phi) is 7.93. The first-order valence-electron chi connectivity index (χ1n) is 11.8. The van der Waals surface area contributed by atoms with Gasteiger partial charge in [0.1, 0.15) is 11.5 Å². The van der Waals surface area contributed by atoms with Gasteiger partial charge in [0, 0.05) is 5.56 Å². The van der Waals surface area contributed by atoms with Crippen LogP contribution in [0.3, 0.4) is 0 Å². The first-order valence-corrected chi connectivity index (χ1v) is 11.8. The summed E-state index contributed by atoms with van der Waals surface area (Å²) in [6.45, 7) is -1.49. The predicted molar refractivity (Wildman–Crippen MR) is 138 cm³/mol. The van der Waals surface area contributed by atoms with Crippen LogP contribution in [0.4, 0.5) is 8.78 Å². The van der Waals surface area contributed by atoms with Crippen LogP contribution in [0.5, 0.6) is 5.75 Å². The number of aliphatic hydroxyl groups excluding tert-OH is 1. The second-order valence-electron chi connectivity index (χ2n) is 8.78. The Morgan fingerprint density at radius 3 is 2.39 bits per heavy atom. The van der Waals surface area contributed by atoms with Crippen molar-refractivity contribution in [3.8, 4) is 22.6 Å². The van der Waals surface area contributed by atoms with Gasteiger partial charge in [0.2, 0.25) is 0 Å². The van der Waals surface area contributed by atoms with Crippen molar-refractivity contribution in [1.29, 1.82) is 0 Å². The third-order valence-electron chi connectivity index (χ3n) is 6.42. The van der Waals surface area contributed by atoms with Gasteiger partial charge < -0.3 is 20.1 Å². The Morgan fingerprint density at radius 2 is 1.82 bits per heavy atom. The van der Waals surface area contributed by atoms with Crippen LogP contribution in [-0.2, 0) is 6.61 Å². The molecule has 0 saturated heterocycles. The number of alkyl halides is 2. The molecule has 1 heterocycles. The van der Waals surface area contributed by atoms with Gasteiger partial charge in [0.25, 0.3) is 0 Å². The topological polar surface area (TPSA) is 108 Å². The molecule has 38 heavy (non-hydrogen) atoms. The van der Waals surface area contributed by atoms with Gasteiger partial charge in [-0.25, -0.2) is 4.98 Å². The molecule has 0 saturated carbocycles. The maximum Gasteiger partial charge on any atom is 0.387 e. The Balaban J connectivity index is 2.06. The van der Waals surface area contributed by atoms with Gasteiger partial charge in [0.15, 0.2) is 25.7 Å². The van der Waals surface area contributed by atoms with E-state index in [1.807, 2.05) is 18.2 Å². The molecule has 0 fully saturated rings. The SMILES string of the molecule is [B]C(O)(O)N(C)C(CC)c1nc2ccc(-c3ccc(CO)cc3)cc2n1-c1c(C=O)cccc1OC(F)F. The molecule has 3 N–H and O–H groups in total. The van der Waals surface area contributed by atoms with Crippen molar-refractivity contribution in [1.82, 2.24) is 14.5 Å². The van der Waals surface area contributed by atoms with Gasteiger partial charge in [-0.05, 0) is 54.4 Å². The molecular weight excluding hydrogens is 495 g/mol. The standard InChI is InChI=1S/C27H26BF2N3O5/c1-3-21(32(2)27(28,36)37)25-31-20-12-11-18(17-9-7-16(14-34)8-10-17)13-22(20)33(25)24-19(15-35)5-4-6-23(24)38-26(29)30/h4-13,15,21,26,34,36-37H,3,14H2,1-2H3. The van der Waals surface area contributed by atoms with Crippen LogP contribution < -0.4 is 4.74 Å². The number of nitrogens with zero attached hydrogens (tertiary/aromatic N) is 3. The molecule has 196 valence electrons. The smallest absolute Gasteiger partial charge is 0.387 e. The van der Waals surface area contributed by atoms with Gasteiger partial charge in [-0.15, -0.1) is 0 Å². The number of benzene rings is 3. The van der Waals surface area contributed by atoms with Gasteiger partial charge in [-0.3, -0.25) is 14.3 Å². The van der Waals surface area contributed by atoms with Crippen molar-refractivity contribution in [2.75, 3.05) is 7.05 Å². The summed E-state index contributed by atoms with van der Waals surface area (Å²) in [6.07, 6.45) is 0.820. The number of hydrogen-bond acceptors (Lipinski definition) is 7. The van der Waals surface area contributed by atoms with Crippen LogP contribution in [0.15, 0.2) is 60.7 Å². The molecule has 1 atom stereocenters. The molecule has 2 radical (unpaired) electrons. The van der Waals surface area contributed by atoms with Gasteiger partial charge in [0.05, 0.1) is 23.7 Å². The zero-order valence-electron chi connectivity index (χ0n) is 20.8. The largest absolute Gasteiger partial charge is 0.433 e. The highest BCUT2D eigenvalue weighted by Gasteiger charge is 2.33. The van der Waals surface area contributed by atoms with E-state index >= 15 is 0 Å². The quantitative estimate of drug-likeness (QED) is 0.166. The van der Waals surface area contributed by atoms with E-state index in [-0.39, 0.29) is 29.4 Å². The molecule has 0 bridgehead atoms. The summed E-state index contributed by atoms with van der Waals surface area (Å²) in [5.74, 6) is -2.74. The van der Waals surface area contributed by atoms with Crippen molar-refractivity contribution in [3.05, 3.63) is 77.6 Å². The monoisotopic (exact) mass is 521 g/mol. The average Bonchev–Trinajstić information content (AvgIpc) is 3.26. The summed E-state index contributed by atoms with van der Waals surface area (Å²) in [5.41, 5.74) is 3.33. The number of aliphatic hydroxyl groups is 3. The summed E-state index contributed by atoms with van der Waals surface area (Å²) < 4.78 is 33.1. The number of fused-ring (bicyclic) bond motifs is 1. The number of hydrogen-bond donors (Lipinski definition) is 3. The van der Waals surface area contributed by atoms with Crippen LogP contribution >= 0.6 is 0 Å². The van der Waals surface area contributed by atoms with Crippen LogP contribution in [0.1, 0.15) is 41.1 Å². The summed E-state index contributed by atoms with van der Waals surface area (Å²) >= 11 is 0. The maximum absolute atomic E-state index is 13.4. The average molecular weight is 521 g/mol. The third-order valence-corrected chi connectivity index (χ3v) is 6.42. The number of aldehydes is 1. The molecule has 11 heteroatoms. The van der Waals surface area contributed by atoms with E-state index in [4.69, 9.17) is 17.6 Å². The number of halogens is 2. The van der Waals surface area contributed by atoms with Gasteiger partial charge in [-0.2, -0.15) is 8.78 Å². The van der Waals surface area contributed by atoms with E-state index in [1.165, 1.54) is 29.8 Å². The minimum Gasteiger partial charge on any atom is -0.433 e. The molecule has 1 aromatic heterocycles. The van der Waals surface area contributed by atoms with Crippen molar-refractivity contribution in [3.63, 3.8) is 0 Å². The molecule has 4 aromatic rings. The fourth-order valence-electron chi connectivity index (χ4n) is 4.46. The van der Waals surface area contributed by atoms with Gasteiger partial charge in [-0.1, -0.05) is 43.3 Å². The van der Waals surface area contributed by atoms with E-state index < -0.39 is 18.5 Å². The summed E-state index contributed by atoms with van der Waals surface area (Å²) in [7, 11) is 6.94. The molecule has 8 nitrogen and oxygen atoms in total. The molecular formula is C27H26BF2N3O5. The van der Waals surface area contributed by atoms with E-state index in [0.717, 1.165) is 21.6 Å². The van der Waals surface area contributed by atoms with Crippen molar-refractivity contribution in [2.45, 2.75) is 38.4 Å². The predicted octanol–water partition coefficient (Wildman–Crippen LogP) is 3.75. The molecule has 0 spiro atoms. The number of ether oxygens (including phenoxy) is 1. The van der Waals surface area contributed by atoms with E-state index in [2.05, 4.69) is 0 Å². The fraction of sp³-hybridized carbons (Fsp3) is 0.259. The van der Waals surface area contributed by atoms with Crippen molar-refractivity contribution >= 4 is 25.2 Å². The molecule has 3 aromatic carbocycles. The molecule has 0 aliphatic rings. The van der Waals surface area contributed by atoms with Crippen LogP contribution in [-0.4, -0.2) is 63.4 Å².